The van der Waals surface area contributed by atoms with Gasteiger partial charge >= 0.3 is 6.03 Å². The van der Waals surface area contributed by atoms with E-state index in [2.05, 4.69) is 29.4 Å². The molecule has 0 aliphatic carbocycles. The maximum absolute atomic E-state index is 11.4. The van der Waals surface area contributed by atoms with Gasteiger partial charge < -0.3 is 15.5 Å². The number of nitrogens with one attached hydrogen (secondary N) is 2. The van der Waals surface area contributed by atoms with Gasteiger partial charge in [0.2, 0.25) is 0 Å². The van der Waals surface area contributed by atoms with Crippen molar-refractivity contribution in [3.63, 3.8) is 0 Å². The number of para-hydroxylation sites is 2. The van der Waals surface area contributed by atoms with Gasteiger partial charge in [-0.15, -0.1) is 0 Å². The van der Waals surface area contributed by atoms with Crippen LogP contribution in [0.2, 0.25) is 0 Å². The van der Waals surface area contributed by atoms with Gasteiger partial charge in [-0.25, -0.2) is 4.79 Å². The van der Waals surface area contributed by atoms with E-state index in [1.807, 2.05) is 24.3 Å². The van der Waals surface area contributed by atoms with Gasteiger partial charge in [-0.1, -0.05) is 12.1 Å². The minimum atomic E-state index is -0.148. The molecule has 2 amide bonds. The van der Waals surface area contributed by atoms with Crippen LogP contribution in [0.5, 0.6) is 0 Å². The number of hydrogen-bond donors (Lipinski definition) is 2. The van der Waals surface area contributed by atoms with E-state index >= 15 is 0 Å². The molecular formula is C11H15N3O. The number of amides is 2. The van der Waals surface area contributed by atoms with Crippen LogP contribution in [-0.2, 0) is 0 Å². The number of carbonyl (C=O) groups excluding carboxylic acids is 1. The summed E-state index contributed by atoms with van der Waals surface area (Å²) in [6, 6.07) is 8.03. The van der Waals surface area contributed by atoms with Crippen molar-refractivity contribution in [1.29, 1.82) is 0 Å². The summed E-state index contributed by atoms with van der Waals surface area (Å²) < 4.78 is 0. The molecule has 4 nitrogen and oxygen atoms in total. The lowest BCUT2D eigenvalue weighted by Gasteiger charge is -2.27. The fourth-order valence-electron chi connectivity index (χ4n) is 1.70. The number of anilines is 2. The normalized spacial score (nSPS) is 15.4. The van der Waals surface area contributed by atoms with Crippen molar-refractivity contribution in [2.75, 3.05) is 16.9 Å². The highest BCUT2D eigenvalue weighted by atomic mass is 16.2. The highest BCUT2D eigenvalue weighted by molar-refractivity contribution is 5.94. The SMILES string of the molecule is CC(C)N1CNC(=O)Nc2ccccc21. The van der Waals surface area contributed by atoms with Gasteiger partial charge in [0.25, 0.3) is 0 Å². The highest BCUT2D eigenvalue weighted by Gasteiger charge is 2.19. The minimum absolute atomic E-state index is 0.148. The van der Waals surface area contributed by atoms with Crippen molar-refractivity contribution in [2.45, 2.75) is 19.9 Å². The molecule has 15 heavy (non-hydrogen) atoms. The van der Waals surface area contributed by atoms with Crippen LogP contribution in [-0.4, -0.2) is 18.7 Å². The fraction of sp³-hybridized carbons (Fsp3) is 0.364. The van der Waals surface area contributed by atoms with Crippen LogP contribution in [0.3, 0.4) is 0 Å². The molecule has 0 aromatic heterocycles. The average molecular weight is 205 g/mol. The molecule has 0 saturated carbocycles. The second-order valence-electron chi connectivity index (χ2n) is 3.87. The van der Waals surface area contributed by atoms with Crippen LogP contribution < -0.4 is 15.5 Å². The van der Waals surface area contributed by atoms with Crippen LogP contribution in [0.4, 0.5) is 16.2 Å². The molecule has 80 valence electrons. The van der Waals surface area contributed by atoms with Gasteiger partial charge in [-0.05, 0) is 26.0 Å². The first-order valence-electron chi connectivity index (χ1n) is 5.09. The molecule has 1 aromatic carbocycles. The lowest BCUT2D eigenvalue weighted by atomic mass is 10.2. The van der Waals surface area contributed by atoms with E-state index in [-0.39, 0.29) is 6.03 Å². The predicted molar refractivity (Wildman–Crippen MR) is 61.1 cm³/mol. The Hall–Kier alpha value is -1.71. The van der Waals surface area contributed by atoms with Crippen LogP contribution in [0.15, 0.2) is 24.3 Å². The van der Waals surface area contributed by atoms with E-state index < -0.39 is 0 Å². The third-order valence-corrected chi connectivity index (χ3v) is 2.49. The number of urea groups is 1. The van der Waals surface area contributed by atoms with Crippen molar-refractivity contribution in [3.8, 4) is 0 Å². The summed E-state index contributed by atoms with van der Waals surface area (Å²) in [5.41, 5.74) is 1.92. The molecule has 0 unspecified atom stereocenters. The summed E-state index contributed by atoms with van der Waals surface area (Å²) in [5.74, 6) is 0. The highest BCUT2D eigenvalue weighted by Crippen LogP contribution is 2.27. The maximum Gasteiger partial charge on any atom is 0.320 e. The lowest BCUT2D eigenvalue weighted by Crippen LogP contribution is -2.40. The molecule has 1 aliphatic heterocycles. The van der Waals surface area contributed by atoms with E-state index in [0.717, 1.165) is 11.4 Å². The fourth-order valence-corrected chi connectivity index (χ4v) is 1.70. The first-order chi connectivity index (χ1) is 7.18. The summed E-state index contributed by atoms with van der Waals surface area (Å²) >= 11 is 0. The number of fused-ring (bicyclic) bond motifs is 1. The molecule has 0 spiro atoms. The standard InChI is InChI=1S/C11H15N3O/c1-8(2)14-7-12-11(15)13-9-5-3-4-6-10(9)14/h3-6,8H,7H2,1-2H3,(H2,12,13,15). The summed E-state index contributed by atoms with van der Waals surface area (Å²) in [5, 5.41) is 5.61. The van der Waals surface area contributed by atoms with Gasteiger partial charge in [0.15, 0.2) is 0 Å². The summed E-state index contributed by atoms with van der Waals surface area (Å²) in [7, 11) is 0. The molecule has 0 atom stereocenters. The zero-order chi connectivity index (χ0) is 10.8. The van der Waals surface area contributed by atoms with Crippen molar-refractivity contribution < 1.29 is 4.79 Å². The monoisotopic (exact) mass is 205 g/mol. The lowest BCUT2D eigenvalue weighted by molar-refractivity contribution is 0.252. The van der Waals surface area contributed by atoms with Crippen LogP contribution in [0.25, 0.3) is 0 Å². The van der Waals surface area contributed by atoms with Gasteiger partial charge in [0, 0.05) is 6.04 Å². The zero-order valence-electron chi connectivity index (χ0n) is 8.95. The second-order valence-corrected chi connectivity index (χ2v) is 3.87. The Morgan fingerprint density at radius 1 is 1.33 bits per heavy atom. The quantitative estimate of drug-likeness (QED) is 0.736. The van der Waals surface area contributed by atoms with Crippen molar-refractivity contribution in [1.82, 2.24) is 5.32 Å². The first kappa shape index (κ1) is 9.83. The van der Waals surface area contributed by atoms with Crippen molar-refractivity contribution in [2.24, 2.45) is 0 Å². The first-order valence-corrected chi connectivity index (χ1v) is 5.09. The molecule has 1 aromatic rings. The largest absolute Gasteiger partial charge is 0.350 e. The van der Waals surface area contributed by atoms with Crippen LogP contribution in [0, 0.1) is 0 Å². The van der Waals surface area contributed by atoms with Gasteiger partial charge in [-0.2, -0.15) is 0 Å². The smallest absolute Gasteiger partial charge is 0.320 e. The predicted octanol–water partition coefficient (Wildman–Crippen LogP) is 1.99. The van der Waals surface area contributed by atoms with Gasteiger partial charge in [0.1, 0.15) is 0 Å². The molecular weight excluding hydrogens is 190 g/mol. The Morgan fingerprint density at radius 3 is 2.80 bits per heavy atom. The van der Waals surface area contributed by atoms with E-state index in [1.165, 1.54) is 0 Å². The van der Waals surface area contributed by atoms with E-state index in [1.54, 1.807) is 0 Å². The van der Waals surface area contributed by atoms with Crippen molar-refractivity contribution >= 4 is 17.4 Å². The van der Waals surface area contributed by atoms with Crippen LogP contribution in [0.1, 0.15) is 13.8 Å². The summed E-state index contributed by atoms with van der Waals surface area (Å²) in [6.45, 7) is 4.75. The number of hydrogen-bond acceptors (Lipinski definition) is 2. The molecule has 1 heterocycles. The molecule has 0 bridgehead atoms. The Labute approximate surface area is 89.3 Å². The molecule has 0 saturated heterocycles. The van der Waals surface area contributed by atoms with Gasteiger partial charge in [-0.3, -0.25) is 0 Å². The number of rotatable bonds is 1. The topological polar surface area (TPSA) is 44.4 Å². The number of benzene rings is 1. The Balaban J connectivity index is 2.42. The molecule has 0 radical (unpaired) electrons. The number of nitrogens with zero attached hydrogens (tertiary/aromatic N) is 1. The zero-order valence-corrected chi connectivity index (χ0v) is 8.95. The average Bonchev–Trinajstić information content (AvgIpc) is 2.35. The summed E-state index contributed by atoms with van der Waals surface area (Å²) in [6.07, 6.45) is 0. The number of carbonyl (C=O) groups is 1. The molecule has 2 N–H and O–H groups in total. The van der Waals surface area contributed by atoms with Crippen LogP contribution >= 0.6 is 0 Å². The molecule has 1 aliphatic rings. The third kappa shape index (κ3) is 1.88. The maximum atomic E-state index is 11.4. The molecule has 0 fully saturated rings. The van der Waals surface area contributed by atoms with Gasteiger partial charge in [0.05, 0.1) is 18.0 Å². The Kier molecular flexibility index (Phi) is 2.49. The minimum Gasteiger partial charge on any atom is -0.350 e. The molecule has 2 rings (SSSR count). The van der Waals surface area contributed by atoms with E-state index in [9.17, 15) is 4.79 Å². The second kappa shape index (κ2) is 3.81. The third-order valence-electron chi connectivity index (χ3n) is 2.49. The van der Waals surface area contributed by atoms with E-state index in [4.69, 9.17) is 0 Å². The Morgan fingerprint density at radius 2 is 2.07 bits per heavy atom. The van der Waals surface area contributed by atoms with E-state index in [0.29, 0.717) is 12.7 Å². The summed E-state index contributed by atoms with van der Waals surface area (Å²) in [4.78, 5) is 13.5. The molecule has 4 heteroatoms. The van der Waals surface area contributed by atoms with Crippen molar-refractivity contribution in [3.05, 3.63) is 24.3 Å². The Bertz CT molecular complexity index is 376.